The van der Waals surface area contributed by atoms with E-state index >= 15 is 0 Å². The Bertz CT molecular complexity index is 261. The molecule has 0 aliphatic carbocycles. The highest BCUT2D eigenvalue weighted by Gasteiger charge is 2.39. The molecule has 0 aromatic heterocycles. The summed E-state index contributed by atoms with van der Waals surface area (Å²) in [7, 11) is 2.23. The van der Waals surface area contributed by atoms with Crippen LogP contribution in [0.5, 0.6) is 0 Å². The van der Waals surface area contributed by atoms with Crippen LogP contribution in [0.1, 0.15) is 25.7 Å². The van der Waals surface area contributed by atoms with Gasteiger partial charge in [-0.25, -0.2) is 0 Å². The number of likely N-dealkylation sites (tertiary alicyclic amines) is 2. The molecular formula is C14H26N2O2. The van der Waals surface area contributed by atoms with E-state index in [2.05, 4.69) is 16.8 Å². The average Bonchev–Trinajstić information content (AvgIpc) is 2.84. The summed E-state index contributed by atoms with van der Waals surface area (Å²) in [6.45, 7) is 7.69. The lowest BCUT2D eigenvalue weighted by Gasteiger charge is -2.40. The molecule has 0 radical (unpaired) electrons. The van der Waals surface area contributed by atoms with Crippen molar-refractivity contribution in [1.82, 2.24) is 9.80 Å². The number of hydrogen-bond acceptors (Lipinski definition) is 4. The lowest BCUT2D eigenvalue weighted by Crippen LogP contribution is -2.47. The molecule has 4 nitrogen and oxygen atoms in total. The van der Waals surface area contributed by atoms with E-state index in [4.69, 9.17) is 9.47 Å². The van der Waals surface area contributed by atoms with Gasteiger partial charge in [0.05, 0.1) is 13.2 Å². The Labute approximate surface area is 110 Å². The zero-order valence-corrected chi connectivity index (χ0v) is 11.6. The van der Waals surface area contributed by atoms with E-state index < -0.39 is 0 Å². The Kier molecular flexibility index (Phi) is 3.89. The van der Waals surface area contributed by atoms with Crippen molar-refractivity contribution in [2.24, 2.45) is 5.92 Å². The second-order valence-corrected chi connectivity index (χ2v) is 6.15. The molecule has 3 aliphatic rings. The van der Waals surface area contributed by atoms with Gasteiger partial charge in [0.1, 0.15) is 0 Å². The smallest absolute Gasteiger partial charge is 0.170 e. The molecule has 18 heavy (non-hydrogen) atoms. The standard InChI is InChI=1S/C14H26N2O2/c1-15-6-2-13(3-7-15)12-16-8-4-14(5-9-16)17-10-11-18-14/h13H,2-12H2,1H3. The van der Waals surface area contributed by atoms with Gasteiger partial charge < -0.3 is 19.3 Å². The van der Waals surface area contributed by atoms with Gasteiger partial charge in [-0.05, 0) is 38.9 Å². The molecule has 0 atom stereocenters. The first-order chi connectivity index (χ1) is 8.76. The number of piperidine rings is 2. The minimum atomic E-state index is -0.205. The highest BCUT2D eigenvalue weighted by atomic mass is 16.7. The third-order valence-electron chi connectivity index (χ3n) is 4.79. The van der Waals surface area contributed by atoms with E-state index in [0.717, 1.165) is 45.1 Å². The van der Waals surface area contributed by atoms with Crippen LogP contribution in [0.3, 0.4) is 0 Å². The minimum Gasteiger partial charge on any atom is -0.347 e. The molecule has 3 fully saturated rings. The van der Waals surface area contributed by atoms with E-state index in [1.165, 1.54) is 32.5 Å². The molecule has 104 valence electrons. The van der Waals surface area contributed by atoms with Crippen molar-refractivity contribution in [2.45, 2.75) is 31.5 Å². The predicted molar refractivity (Wildman–Crippen MR) is 70.5 cm³/mol. The lowest BCUT2D eigenvalue weighted by atomic mass is 9.95. The quantitative estimate of drug-likeness (QED) is 0.738. The fourth-order valence-corrected chi connectivity index (χ4v) is 3.47. The van der Waals surface area contributed by atoms with E-state index in [1.54, 1.807) is 0 Å². The summed E-state index contributed by atoms with van der Waals surface area (Å²) in [4.78, 5) is 5.06. The highest BCUT2D eigenvalue weighted by molar-refractivity contribution is 4.84. The maximum Gasteiger partial charge on any atom is 0.170 e. The fourth-order valence-electron chi connectivity index (χ4n) is 3.47. The molecule has 4 heteroatoms. The lowest BCUT2D eigenvalue weighted by molar-refractivity contribution is -0.186. The largest absolute Gasteiger partial charge is 0.347 e. The maximum absolute atomic E-state index is 5.78. The molecule has 1 spiro atoms. The van der Waals surface area contributed by atoms with Crippen molar-refractivity contribution in [3.05, 3.63) is 0 Å². The molecule has 0 aromatic rings. The second kappa shape index (κ2) is 5.45. The Morgan fingerprint density at radius 2 is 1.61 bits per heavy atom. The number of rotatable bonds is 2. The van der Waals surface area contributed by atoms with Crippen molar-refractivity contribution in [3.63, 3.8) is 0 Å². The molecule has 0 bridgehead atoms. The van der Waals surface area contributed by atoms with Crippen LogP contribution in [0.15, 0.2) is 0 Å². The molecule has 0 aromatic carbocycles. The molecule has 0 saturated carbocycles. The summed E-state index contributed by atoms with van der Waals surface area (Å²) in [5.74, 6) is 0.698. The third-order valence-corrected chi connectivity index (χ3v) is 4.79. The van der Waals surface area contributed by atoms with Gasteiger partial charge in [-0.3, -0.25) is 0 Å². The molecular weight excluding hydrogens is 228 g/mol. The van der Waals surface area contributed by atoms with Gasteiger partial charge in [-0.2, -0.15) is 0 Å². The van der Waals surface area contributed by atoms with Gasteiger partial charge in [-0.1, -0.05) is 0 Å². The Hall–Kier alpha value is -0.160. The van der Waals surface area contributed by atoms with Crippen LogP contribution >= 0.6 is 0 Å². The third kappa shape index (κ3) is 2.87. The first-order valence-electron chi connectivity index (χ1n) is 7.45. The zero-order chi connectivity index (χ0) is 12.4. The summed E-state index contributed by atoms with van der Waals surface area (Å²) in [6.07, 6.45) is 4.84. The van der Waals surface area contributed by atoms with Crippen LogP contribution in [0.4, 0.5) is 0 Å². The number of nitrogens with zero attached hydrogens (tertiary/aromatic N) is 2. The Morgan fingerprint density at radius 1 is 1.00 bits per heavy atom. The summed E-state index contributed by atoms with van der Waals surface area (Å²) < 4.78 is 11.6. The SMILES string of the molecule is CN1CCC(CN2CCC3(CC2)OCCO3)CC1. The van der Waals surface area contributed by atoms with Crippen LogP contribution in [-0.2, 0) is 9.47 Å². The van der Waals surface area contributed by atoms with Crippen LogP contribution in [0, 0.1) is 5.92 Å². The normalized spacial score (nSPS) is 31.2. The topological polar surface area (TPSA) is 24.9 Å². The van der Waals surface area contributed by atoms with Gasteiger partial charge in [-0.15, -0.1) is 0 Å². The molecule has 0 amide bonds. The summed E-state index contributed by atoms with van der Waals surface area (Å²) >= 11 is 0. The summed E-state index contributed by atoms with van der Waals surface area (Å²) in [5, 5.41) is 0. The van der Waals surface area contributed by atoms with E-state index in [-0.39, 0.29) is 5.79 Å². The van der Waals surface area contributed by atoms with Gasteiger partial charge in [0, 0.05) is 32.5 Å². The van der Waals surface area contributed by atoms with Crippen LogP contribution in [-0.4, -0.2) is 68.6 Å². The van der Waals surface area contributed by atoms with Crippen LogP contribution in [0.2, 0.25) is 0 Å². The Morgan fingerprint density at radius 3 is 2.22 bits per heavy atom. The van der Waals surface area contributed by atoms with Crippen molar-refractivity contribution in [2.75, 3.05) is 53.0 Å². The predicted octanol–water partition coefficient (Wildman–Crippen LogP) is 1.17. The van der Waals surface area contributed by atoms with Crippen LogP contribution in [0.25, 0.3) is 0 Å². The first kappa shape index (κ1) is 12.9. The van der Waals surface area contributed by atoms with Crippen molar-refractivity contribution >= 4 is 0 Å². The van der Waals surface area contributed by atoms with Gasteiger partial charge >= 0.3 is 0 Å². The maximum atomic E-state index is 5.78. The van der Waals surface area contributed by atoms with Gasteiger partial charge in [0.2, 0.25) is 0 Å². The van der Waals surface area contributed by atoms with E-state index in [0.29, 0.717) is 0 Å². The average molecular weight is 254 g/mol. The summed E-state index contributed by atoms with van der Waals surface area (Å²) in [5.41, 5.74) is 0. The van der Waals surface area contributed by atoms with Crippen LogP contribution < -0.4 is 0 Å². The molecule has 3 aliphatic heterocycles. The van der Waals surface area contributed by atoms with E-state index in [9.17, 15) is 0 Å². The molecule has 0 N–H and O–H groups in total. The summed E-state index contributed by atoms with van der Waals surface area (Å²) in [6, 6.07) is 0. The van der Waals surface area contributed by atoms with Crippen molar-refractivity contribution in [1.29, 1.82) is 0 Å². The molecule has 0 unspecified atom stereocenters. The number of ether oxygens (including phenoxy) is 2. The van der Waals surface area contributed by atoms with Gasteiger partial charge in [0.25, 0.3) is 0 Å². The second-order valence-electron chi connectivity index (χ2n) is 6.15. The molecule has 3 saturated heterocycles. The van der Waals surface area contributed by atoms with E-state index in [1.807, 2.05) is 0 Å². The highest BCUT2D eigenvalue weighted by Crippen LogP contribution is 2.32. The van der Waals surface area contributed by atoms with Crippen molar-refractivity contribution < 1.29 is 9.47 Å². The fraction of sp³-hybridized carbons (Fsp3) is 1.00. The monoisotopic (exact) mass is 254 g/mol. The van der Waals surface area contributed by atoms with Crippen molar-refractivity contribution in [3.8, 4) is 0 Å². The first-order valence-corrected chi connectivity index (χ1v) is 7.45. The molecule has 3 rings (SSSR count). The minimum absolute atomic E-state index is 0.205. The number of hydrogen-bond donors (Lipinski definition) is 0. The van der Waals surface area contributed by atoms with Gasteiger partial charge in [0.15, 0.2) is 5.79 Å². The molecule has 3 heterocycles. The Balaban J connectivity index is 1.42. The zero-order valence-electron chi connectivity index (χ0n) is 11.6.